The van der Waals surface area contributed by atoms with Crippen LogP contribution in [0.4, 0.5) is 5.69 Å². The normalized spacial score (nSPS) is 17.3. The maximum atomic E-state index is 12.5. The van der Waals surface area contributed by atoms with E-state index >= 15 is 0 Å². The zero-order valence-electron chi connectivity index (χ0n) is 13.2. The molecule has 0 aliphatic carbocycles. The number of anilines is 1. The summed E-state index contributed by atoms with van der Waals surface area (Å²) in [7, 11) is 0. The van der Waals surface area contributed by atoms with Gasteiger partial charge in [-0.2, -0.15) is 0 Å². The molecule has 2 aromatic heterocycles. The average molecular weight is 313 g/mol. The van der Waals surface area contributed by atoms with Gasteiger partial charge >= 0.3 is 11.8 Å². The largest absolute Gasteiger partial charge is 0.464 e. The molecule has 0 bridgehead atoms. The average Bonchev–Trinajstić information content (AvgIpc) is 3.17. The number of amides is 2. The monoisotopic (exact) mass is 313 g/mol. The van der Waals surface area contributed by atoms with Gasteiger partial charge in [0.15, 0.2) is 0 Å². The Morgan fingerprint density at radius 3 is 2.83 bits per heavy atom. The lowest BCUT2D eigenvalue weighted by atomic mass is 10.1. The fraction of sp³-hybridized carbons (Fsp3) is 0.353. The number of pyridine rings is 1. The molecule has 3 rings (SSSR count). The van der Waals surface area contributed by atoms with Crippen molar-refractivity contribution in [1.82, 2.24) is 9.88 Å². The van der Waals surface area contributed by atoms with Gasteiger partial charge in [0.1, 0.15) is 11.5 Å². The van der Waals surface area contributed by atoms with Crippen molar-refractivity contribution >= 4 is 17.5 Å². The third-order valence-electron chi connectivity index (χ3n) is 4.08. The molecule has 23 heavy (non-hydrogen) atoms. The summed E-state index contributed by atoms with van der Waals surface area (Å²) in [6, 6.07) is 5.35. The molecule has 1 aliphatic heterocycles. The fourth-order valence-corrected chi connectivity index (χ4v) is 2.84. The molecule has 6 heteroatoms. The van der Waals surface area contributed by atoms with E-state index in [0.29, 0.717) is 12.2 Å². The minimum atomic E-state index is -0.642. The summed E-state index contributed by atoms with van der Waals surface area (Å²) in [5, 5.41) is 2.64. The molecule has 1 saturated heterocycles. The molecule has 1 N–H and O–H groups in total. The van der Waals surface area contributed by atoms with Crippen molar-refractivity contribution in [3.8, 4) is 0 Å². The first-order chi connectivity index (χ1) is 11.1. The second kappa shape index (κ2) is 6.24. The Bertz CT molecular complexity index is 738. The Balaban J connectivity index is 1.74. The highest BCUT2D eigenvalue weighted by atomic mass is 16.3. The zero-order valence-corrected chi connectivity index (χ0v) is 13.2. The van der Waals surface area contributed by atoms with Crippen LogP contribution in [0.1, 0.15) is 36.0 Å². The second-order valence-electron chi connectivity index (χ2n) is 5.75. The summed E-state index contributed by atoms with van der Waals surface area (Å²) in [6.07, 6.45) is 4.84. The molecular formula is C17H19N3O3. The number of furan rings is 1. The minimum Gasteiger partial charge on any atom is -0.464 e. The standard InChI is InChI=1S/C17H19N3O3/c1-11-7-8-18-10-13(11)19-16(21)17(22)20-9-3-4-14(20)15-6-5-12(2)23-15/h5-8,10,14H,3-4,9H2,1-2H3,(H,19,21). The van der Waals surface area contributed by atoms with E-state index in [1.807, 2.05) is 26.0 Å². The molecule has 0 radical (unpaired) electrons. The predicted molar refractivity (Wildman–Crippen MR) is 84.7 cm³/mol. The second-order valence-corrected chi connectivity index (χ2v) is 5.75. The maximum absolute atomic E-state index is 12.5. The number of aryl methyl sites for hydroxylation is 2. The lowest BCUT2D eigenvalue weighted by Crippen LogP contribution is -2.39. The van der Waals surface area contributed by atoms with Gasteiger partial charge in [-0.1, -0.05) is 0 Å². The third-order valence-corrected chi connectivity index (χ3v) is 4.08. The smallest absolute Gasteiger partial charge is 0.313 e. The van der Waals surface area contributed by atoms with E-state index in [1.54, 1.807) is 17.2 Å². The molecule has 0 spiro atoms. The SMILES string of the molecule is Cc1ccc(C2CCCN2C(=O)C(=O)Nc2cnccc2C)o1. The number of hydrogen-bond acceptors (Lipinski definition) is 4. The first-order valence-electron chi connectivity index (χ1n) is 7.65. The van der Waals surface area contributed by atoms with Crippen LogP contribution in [0.2, 0.25) is 0 Å². The van der Waals surface area contributed by atoms with Crippen LogP contribution in [0.25, 0.3) is 0 Å². The highest BCUT2D eigenvalue weighted by Crippen LogP contribution is 2.33. The van der Waals surface area contributed by atoms with Crippen molar-refractivity contribution in [3.63, 3.8) is 0 Å². The van der Waals surface area contributed by atoms with E-state index in [-0.39, 0.29) is 6.04 Å². The fourth-order valence-electron chi connectivity index (χ4n) is 2.84. The van der Waals surface area contributed by atoms with Crippen LogP contribution in [0.15, 0.2) is 35.0 Å². The summed E-state index contributed by atoms with van der Waals surface area (Å²) in [5.74, 6) is 0.356. The molecule has 2 aromatic rings. The third kappa shape index (κ3) is 3.11. The van der Waals surface area contributed by atoms with Crippen molar-refractivity contribution in [2.45, 2.75) is 32.7 Å². The van der Waals surface area contributed by atoms with Gasteiger partial charge in [-0.3, -0.25) is 14.6 Å². The van der Waals surface area contributed by atoms with E-state index in [2.05, 4.69) is 10.3 Å². The summed E-state index contributed by atoms with van der Waals surface area (Å²) < 4.78 is 5.63. The first-order valence-corrected chi connectivity index (χ1v) is 7.65. The zero-order chi connectivity index (χ0) is 16.4. The number of aromatic nitrogens is 1. The van der Waals surface area contributed by atoms with Crippen molar-refractivity contribution in [2.24, 2.45) is 0 Å². The van der Waals surface area contributed by atoms with E-state index in [0.717, 1.165) is 29.9 Å². The lowest BCUT2D eigenvalue weighted by molar-refractivity contribution is -0.144. The lowest BCUT2D eigenvalue weighted by Gasteiger charge is -2.22. The molecule has 3 heterocycles. The number of carbonyl (C=O) groups excluding carboxylic acids is 2. The predicted octanol–water partition coefficient (Wildman–Crippen LogP) is 2.59. The summed E-state index contributed by atoms with van der Waals surface area (Å²) in [6.45, 7) is 4.28. The van der Waals surface area contributed by atoms with Crippen LogP contribution in [0, 0.1) is 13.8 Å². The highest BCUT2D eigenvalue weighted by Gasteiger charge is 2.35. The van der Waals surface area contributed by atoms with Crippen molar-refractivity contribution < 1.29 is 14.0 Å². The molecule has 0 aromatic carbocycles. The number of nitrogens with zero attached hydrogens (tertiary/aromatic N) is 2. The maximum Gasteiger partial charge on any atom is 0.313 e. The first kappa shape index (κ1) is 15.3. The van der Waals surface area contributed by atoms with Gasteiger partial charge in [-0.15, -0.1) is 0 Å². The molecule has 120 valence electrons. The van der Waals surface area contributed by atoms with Gasteiger partial charge in [-0.25, -0.2) is 0 Å². The molecule has 6 nitrogen and oxygen atoms in total. The van der Waals surface area contributed by atoms with Crippen LogP contribution >= 0.6 is 0 Å². The topological polar surface area (TPSA) is 75.4 Å². The molecule has 2 amide bonds. The van der Waals surface area contributed by atoms with Crippen molar-refractivity contribution in [3.05, 3.63) is 47.7 Å². The number of carbonyl (C=O) groups is 2. The Kier molecular flexibility index (Phi) is 4.14. The summed E-state index contributed by atoms with van der Waals surface area (Å²) in [5.41, 5.74) is 1.41. The quantitative estimate of drug-likeness (QED) is 0.865. The van der Waals surface area contributed by atoms with Crippen LogP contribution in [0.5, 0.6) is 0 Å². The highest BCUT2D eigenvalue weighted by molar-refractivity contribution is 6.39. The number of rotatable bonds is 2. The van der Waals surface area contributed by atoms with E-state index in [4.69, 9.17) is 4.42 Å². The summed E-state index contributed by atoms with van der Waals surface area (Å²) in [4.78, 5) is 30.3. The van der Waals surface area contributed by atoms with Gasteiger partial charge in [0.05, 0.1) is 17.9 Å². The van der Waals surface area contributed by atoms with E-state index in [1.165, 1.54) is 6.20 Å². The number of nitrogens with one attached hydrogen (secondary N) is 1. The van der Waals surface area contributed by atoms with Gasteiger partial charge < -0.3 is 14.6 Å². The Morgan fingerprint density at radius 1 is 1.30 bits per heavy atom. The summed E-state index contributed by atoms with van der Waals surface area (Å²) >= 11 is 0. The molecule has 1 atom stereocenters. The van der Waals surface area contributed by atoms with Crippen LogP contribution in [-0.2, 0) is 9.59 Å². The number of likely N-dealkylation sites (tertiary alicyclic amines) is 1. The van der Waals surface area contributed by atoms with Crippen molar-refractivity contribution in [1.29, 1.82) is 0 Å². The Morgan fingerprint density at radius 2 is 2.13 bits per heavy atom. The van der Waals surface area contributed by atoms with Crippen LogP contribution in [-0.4, -0.2) is 28.2 Å². The molecule has 1 fully saturated rings. The Labute approximate surface area is 134 Å². The van der Waals surface area contributed by atoms with Crippen molar-refractivity contribution in [2.75, 3.05) is 11.9 Å². The van der Waals surface area contributed by atoms with E-state index < -0.39 is 11.8 Å². The molecule has 0 saturated carbocycles. The molecular weight excluding hydrogens is 294 g/mol. The van der Waals surface area contributed by atoms with Crippen LogP contribution in [0.3, 0.4) is 0 Å². The van der Waals surface area contributed by atoms with Gasteiger partial charge in [0.25, 0.3) is 0 Å². The Hall–Kier alpha value is -2.63. The van der Waals surface area contributed by atoms with Gasteiger partial charge in [0, 0.05) is 12.7 Å². The number of hydrogen-bond donors (Lipinski definition) is 1. The van der Waals surface area contributed by atoms with Gasteiger partial charge in [-0.05, 0) is 50.5 Å². The minimum absolute atomic E-state index is 0.169. The molecule has 1 aliphatic rings. The molecule has 1 unspecified atom stereocenters. The van der Waals surface area contributed by atoms with E-state index in [9.17, 15) is 9.59 Å². The van der Waals surface area contributed by atoms with Gasteiger partial charge in [0.2, 0.25) is 0 Å². The van der Waals surface area contributed by atoms with Crippen LogP contribution < -0.4 is 5.32 Å².